The molecule has 0 spiro atoms. The van der Waals surface area contributed by atoms with Crippen LogP contribution in [0, 0.1) is 0 Å². The van der Waals surface area contributed by atoms with Gasteiger partial charge in [-0.2, -0.15) is 13.9 Å². The first-order valence-corrected chi connectivity index (χ1v) is 10.3. The molecule has 0 aliphatic carbocycles. The molecule has 0 radical (unpaired) electrons. The van der Waals surface area contributed by atoms with Gasteiger partial charge < -0.3 is 9.64 Å². The number of benzene rings is 1. The lowest BCUT2D eigenvalue weighted by molar-refractivity contribution is 0.0583. The normalized spacial score (nSPS) is 14.8. The Kier molecular flexibility index (Phi) is 6.22. The van der Waals surface area contributed by atoms with Crippen molar-refractivity contribution in [3.05, 3.63) is 60.4 Å². The highest BCUT2D eigenvalue weighted by Crippen LogP contribution is 2.30. The number of rotatable bonds is 6. The molecule has 0 atom stereocenters. The number of halogens is 2. The number of nitrogens with zero attached hydrogens (tertiary/aromatic N) is 5. The molecule has 30 heavy (non-hydrogen) atoms. The van der Waals surface area contributed by atoms with E-state index in [4.69, 9.17) is 4.74 Å². The Morgan fingerprint density at radius 3 is 2.57 bits per heavy atom. The van der Waals surface area contributed by atoms with Gasteiger partial charge >= 0.3 is 0 Å². The highest BCUT2D eigenvalue weighted by atomic mass is 32.2. The maximum Gasteiger partial charge on any atom is 0.288 e. The van der Waals surface area contributed by atoms with Crippen LogP contribution in [-0.2, 0) is 0 Å². The summed E-state index contributed by atoms with van der Waals surface area (Å²) in [4.78, 5) is 14.8. The van der Waals surface area contributed by atoms with E-state index >= 15 is 0 Å². The summed E-state index contributed by atoms with van der Waals surface area (Å²) >= 11 is 0.393. The zero-order chi connectivity index (χ0) is 20.9. The first kappa shape index (κ1) is 20.3. The minimum absolute atomic E-state index is 0.0930. The number of hydrogen-bond acceptors (Lipinski definition) is 6. The molecule has 1 amide bonds. The second-order valence-corrected chi connectivity index (χ2v) is 7.70. The van der Waals surface area contributed by atoms with Gasteiger partial charge in [-0.05, 0) is 24.3 Å². The van der Waals surface area contributed by atoms with Crippen molar-refractivity contribution in [2.24, 2.45) is 0 Å². The monoisotopic (exact) mass is 431 g/mol. The van der Waals surface area contributed by atoms with Gasteiger partial charge in [0.05, 0.1) is 5.56 Å². The van der Waals surface area contributed by atoms with Gasteiger partial charge in [0, 0.05) is 49.3 Å². The number of alkyl halides is 2. The van der Waals surface area contributed by atoms with Crippen LogP contribution in [0.1, 0.15) is 23.2 Å². The number of carbonyl (C=O) groups excluding carboxylic acids is 1. The third-order valence-corrected chi connectivity index (χ3v) is 5.50. The Balaban J connectivity index is 1.33. The molecule has 4 rings (SSSR count). The molecule has 2 aromatic heterocycles. The number of ether oxygens (including phenoxy) is 1. The molecule has 0 bridgehead atoms. The highest BCUT2D eigenvalue weighted by Gasteiger charge is 2.27. The molecule has 3 heterocycles. The predicted molar refractivity (Wildman–Crippen MR) is 107 cm³/mol. The molecule has 0 saturated carbocycles. The van der Waals surface area contributed by atoms with Gasteiger partial charge in [0.25, 0.3) is 11.7 Å². The van der Waals surface area contributed by atoms with E-state index in [0.717, 1.165) is 0 Å². The van der Waals surface area contributed by atoms with Crippen LogP contribution < -0.4 is 4.74 Å². The lowest BCUT2D eigenvalue weighted by Gasteiger charge is -2.32. The standard InChI is InChI=1S/C20H19F2N5O2S/c21-20(22)30-16-5-2-1-4-15(16)19(28)26-12-8-14(9-13-26)29-18-7-6-17(24-25-18)27-11-3-10-23-27/h1-7,10-11,14,20H,8-9,12-13H2. The number of piperidine rings is 1. The zero-order valence-corrected chi connectivity index (χ0v) is 16.7. The first-order chi connectivity index (χ1) is 14.6. The summed E-state index contributed by atoms with van der Waals surface area (Å²) in [7, 11) is 0. The van der Waals surface area contributed by atoms with E-state index in [2.05, 4.69) is 15.3 Å². The van der Waals surface area contributed by atoms with Crippen LogP contribution >= 0.6 is 11.8 Å². The molecule has 7 nitrogen and oxygen atoms in total. The lowest BCUT2D eigenvalue weighted by Crippen LogP contribution is -2.42. The number of hydrogen-bond donors (Lipinski definition) is 0. The van der Waals surface area contributed by atoms with Gasteiger partial charge in [0.1, 0.15) is 6.10 Å². The predicted octanol–water partition coefficient (Wildman–Crippen LogP) is 3.66. The molecule has 1 saturated heterocycles. The van der Waals surface area contributed by atoms with Crippen LogP contribution in [0.15, 0.2) is 59.8 Å². The average Bonchev–Trinajstić information content (AvgIpc) is 3.29. The molecule has 0 N–H and O–H groups in total. The maximum atomic E-state index is 12.8. The topological polar surface area (TPSA) is 73.1 Å². The molecule has 1 fully saturated rings. The van der Waals surface area contributed by atoms with Gasteiger partial charge in [-0.1, -0.05) is 23.9 Å². The van der Waals surface area contributed by atoms with E-state index in [0.29, 0.717) is 59.8 Å². The molecular formula is C20H19F2N5O2S. The molecule has 1 aliphatic rings. The Hall–Kier alpha value is -3.01. The Morgan fingerprint density at radius 1 is 1.10 bits per heavy atom. The second kappa shape index (κ2) is 9.21. The summed E-state index contributed by atoms with van der Waals surface area (Å²) in [5.74, 6) is -1.80. The van der Waals surface area contributed by atoms with Gasteiger partial charge in [-0.15, -0.1) is 10.2 Å². The van der Waals surface area contributed by atoms with Crippen LogP contribution in [0.3, 0.4) is 0 Å². The lowest BCUT2D eigenvalue weighted by atomic mass is 10.1. The van der Waals surface area contributed by atoms with E-state index in [1.807, 2.05) is 0 Å². The third kappa shape index (κ3) is 4.76. The van der Waals surface area contributed by atoms with Crippen LogP contribution in [0.4, 0.5) is 8.78 Å². The molecule has 3 aromatic rings. The van der Waals surface area contributed by atoms with Crippen molar-refractivity contribution >= 4 is 17.7 Å². The van der Waals surface area contributed by atoms with Crippen molar-refractivity contribution < 1.29 is 18.3 Å². The van der Waals surface area contributed by atoms with Gasteiger partial charge in [-0.25, -0.2) is 4.68 Å². The molecule has 156 valence electrons. The fourth-order valence-corrected chi connectivity index (χ4v) is 3.89. The molecule has 0 unspecified atom stereocenters. The summed E-state index contributed by atoms with van der Waals surface area (Å²) in [6.45, 7) is 0.964. The molecule has 10 heteroatoms. The van der Waals surface area contributed by atoms with E-state index in [9.17, 15) is 13.6 Å². The Labute approximate surface area is 176 Å². The summed E-state index contributed by atoms with van der Waals surface area (Å²) in [5.41, 5.74) is 0.308. The summed E-state index contributed by atoms with van der Waals surface area (Å²) < 4.78 is 33.0. The van der Waals surface area contributed by atoms with E-state index in [-0.39, 0.29) is 12.0 Å². The van der Waals surface area contributed by atoms with E-state index in [1.54, 1.807) is 64.4 Å². The first-order valence-electron chi connectivity index (χ1n) is 9.43. The summed E-state index contributed by atoms with van der Waals surface area (Å²) in [5, 5.41) is 12.3. The van der Waals surface area contributed by atoms with Crippen molar-refractivity contribution in [1.29, 1.82) is 0 Å². The Morgan fingerprint density at radius 2 is 1.90 bits per heavy atom. The van der Waals surface area contributed by atoms with Crippen molar-refractivity contribution in [2.75, 3.05) is 13.1 Å². The number of aromatic nitrogens is 4. The fourth-order valence-electron chi connectivity index (χ4n) is 3.26. The summed E-state index contributed by atoms with van der Waals surface area (Å²) in [6, 6.07) is 11.8. The zero-order valence-electron chi connectivity index (χ0n) is 15.9. The van der Waals surface area contributed by atoms with Crippen molar-refractivity contribution in [3.63, 3.8) is 0 Å². The van der Waals surface area contributed by atoms with Crippen molar-refractivity contribution in [3.8, 4) is 11.7 Å². The van der Waals surface area contributed by atoms with E-state index < -0.39 is 5.76 Å². The minimum Gasteiger partial charge on any atom is -0.473 e. The quantitative estimate of drug-likeness (QED) is 0.555. The summed E-state index contributed by atoms with van der Waals surface area (Å²) in [6.07, 6.45) is 4.59. The number of likely N-dealkylation sites (tertiary alicyclic amines) is 1. The average molecular weight is 431 g/mol. The van der Waals surface area contributed by atoms with Crippen LogP contribution in [0.25, 0.3) is 5.82 Å². The smallest absolute Gasteiger partial charge is 0.288 e. The molecule has 1 aliphatic heterocycles. The van der Waals surface area contributed by atoms with Crippen molar-refractivity contribution in [2.45, 2.75) is 29.6 Å². The van der Waals surface area contributed by atoms with Crippen LogP contribution in [0.2, 0.25) is 0 Å². The highest BCUT2D eigenvalue weighted by molar-refractivity contribution is 7.99. The largest absolute Gasteiger partial charge is 0.473 e. The fraction of sp³-hybridized carbons (Fsp3) is 0.300. The minimum atomic E-state index is -2.57. The van der Waals surface area contributed by atoms with Crippen LogP contribution in [0.5, 0.6) is 5.88 Å². The third-order valence-electron chi connectivity index (χ3n) is 4.72. The number of thioether (sulfide) groups is 1. The van der Waals surface area contributed by atoms with E-state index in [1.165, 1.54) is 0 Å². The van der Waals surface area contributed by atoms with Gasteiger partial charge in [-0.3, -0.25) is 4.79 Å². The van der Waals surface area contributed by atoms with Gasteiger partial charge in [0.15, 0.2) is 5.82 Å². The van der Waals surface area contributed by atoms with Crippen LogP contribution in [-0.4, -0.2) is 55.7 Å². The molecule has 1 aromatic carbocycles. The number of carbonyl (C=O) groups is 1. The maximum absolute atomic E-state index is 12.8. The molecular weight excluding hydrogens is 412 g/mol. The number of amides is 1. The second-order valence-electron chi connectivity index (χ2n) is 6.66. The Bertz CT molecular complexity index is 977. The SMILES string of the molecule is O=C(c1ccccc1SC(F)F)N1CCC(Oc2ccc(-n3cccn3)nn2)CC1. The van der Waals surface area contributed by atoms with Crippen molar-refractivity contribution in [1.82, 2.24) is 24.9 Å². The van der Waals surface area contributed by atoms with Gasteiger partial charge in [0.2, 0.25) is 5.88 Å².